The van der Waals surface area contributed by atoms with Gasteiger partial charge in [0.1, 0.15) is 24.0 Å². The van der Waals surface area contributed by atoms with Crippen LogP contribution < -0.4 is 20.7 Å². The Hall–Kier alpha value is -4.11. The van der Waals surface area contributed by atoms with Crippen molar-refractivity contribution in [1.82, 2.24) is 10.3 Å². The van der Waals surface area contributed by atoms with Crippen LogP contribution in [0.4, 0.5) is 10.1 Å². The van der Waals surface area contributed by atoms with Gasteiger partial charge in [-0.25, -0.2) is 9.98 Å². The molecule has 2 aliphatic rings. The van der Waals surface area contributed by atoms with Gasteiger partial charge in [-0.05, 0) is 49.2 Å². The molecule has 2 amide bonds. The molecule has 0 spiro atoms. The number of anilines is 1. The number of amides is 2. The van der Waals surface area contributed by atoms with E-state index in [0.717, 1.165) is 5.56 Å². The number of fused-ring (bicyclic) bond motifs is 1. The van der Waals surface area contributed by atoms with E-state index in [1.54, 1.807) is 31.1 Å². The second kappa shape index (κ2) is 14.2. The van der Waals surface area contributed by atoms with Gasteiger partial charge in [0, 0.05) is 43.8 Å². The molecule has 0 bridgehead atoms. The first kappa shape index (κ1) is 29.4. The molecule has 3 heterocycles. The highest BCUT2D eigenvalue weighted by molar-refractivity contribution is 5.99. The van der Waals surface area contributed by atoms with E-state index in [1.165, 1.54) is 18.5 Å². The number of nitrogens with zero attached hydrogens (tertiary/aromatic N) is 3. The maximum atomic E-state index is 12.7. The van der Waals surface area contributed by atoms with Crippen molar-refractivity contribution in [1.29, 1.82) is 0 Å². The monoisotopic (exact) mass is 537 g/mol. The molecule has 0 radical (unpaired) electrons. The number of benzene rings is 1. The van der Waals surface area contributed by atoms with Crippen molar-refractivity contribution < 1.29 is 28.6 Å². The Kier molecular flexibility index (Phi) is 10.7. The molecule has 0 saturated carbocycles. The van der Waals surface area contributed by atoms with E-state index in [9.17, 15) is 19.1 Å². The van der Waals surface area contributed by atoms with Crippen molar-refractivity contribution in [3.63, 3.8) is 0 Å². The van der Waals surface area contributed by atoms with Crippen molar-refractivity contribution >= 4 is 24.2 Å². The lowest BCUT2D eigenvalue weighted by molar-refractivity contribution is -0.120. The second-order valence-corrected chi connectivity index (χ2v) is 8.88. The quantitative estimate of drug-likeness (QED) is 0.225. The Labute approximate surface area is 226 Å². The largest absolute Gasteiger partial charge is 0.489 e. The van der Waals surface area contributed by atoms with Gasteiger partial charge in [0.15, 0.2) is 0 Å². The van der Waals surface area contributed by atoms with E-state index >= 15 is 0 Å². The Morgan fingerprint density at radius 2 is 2.13 bits per heavy atom. The van der Waals surface area contributed by atoms with Crippen molar-refractivity contribution in [2.24, 2.45) is 10.7 Å². The number of ether oxygens (including phenoxy) is 2. The minimum absolute atomic E-state index is 0.0515. The Morgan fingerprint density at radius 1 is 1.36 bits per heavy atom. The van der Waals surface area contributed by atoms with Gasteiger partial charge < -0.3 is 30.5 Å². The molecule has 4 rings (SSSR count). The van der Waals surface area contributed by atoms with Gasteiger partial charge in [-0.15, -0.1) is 0 Å². The molecule has 1 atom stereocenters. The van der Waals surface area contributed by atoms with Crippen LogP contribution in [0.25, 0.3) is 0 Å². The number of likely N-dealkylation sites (N-methyl/N-ethyl adjacent to an activating group) is 2. The van der Waals surface area contributed by atoms with Crippen LogP contribution in [0.1, 0.15) is 24.1 Å². The highest BCUT2D eigenvalue weighted by atomic mass is 19.1. The summed E-state index contributed by atoms with van der Waals surface area (Å²) in [6, 6.07) is 9.58. The molecule has 10 nitrogen and oxygen atoms in total. The zero-order valence-electron chi connectivity index (χ0n) is 21.9. The Morgan fingerprint density at radius 3 is 2.79 bits per heavy atom. The topological polar surface area (TPSA) is 139 Å². The van der Waals surface area contributed by atoms with E-state index in [-0.39, 0.29) is 18.6 Å². The number of rotatable bonds is 5. The third-order valence-electron chi connectivity index (χ3n) is 6.14. The van der Waals surface area contributed by atoms with Crippen molar-refractivity contribution in [3.8, 4) is 17.6 Å². The van der Waals surface area contributed by atoms with Gasteiger partial charge in [0.05, 0.1) is 18.9 Å². The van der Waals surface area contributed by atoms with Gasteiger partial charge in [-0.1, -0.05) is 17.9 Å². The summed E-state index contributed by atoms with van der Waals surface area (Å²) >= 11 is 0. The number of allylic oxidation sites excluding steroid dienone is 1. The van der Waals surface area contributed by atoms with Crippen LogP contribution in [-0.4, -0.2) is 74.2 Å². The summed E-state index contributed by atoms with van der Waals surface area (Å²) in [6.07, 6.45) is 4.39. The minimum Gasteiger partial charge on any atom is -0.489 e. The summed E-state index contributed by atoms with van der Waals surface area (Å²) in [5, 5.41) is 13.4. The van der Waals surface area contributed by atoms with Crippen molar-refractivity contribution in [2.45, 2.75) is 30.9 Å². The average Bonchev–Trinajstić information content (AvgIpc) is 3.06. The molecule has 1 fully saturated rings. The number of nitrogens with one attached hydrogen (secondary N) is 1. The smallest absolute Gasteiger partial charge is 0.247 e. The van der Waals surface area contributed by atoms with Crippen LogP contribution in [0, 0.1) is 17.8 Å². The number of halogens is 1. The molecule has 1 unspecified atom stereocenters. The first-order valence-corrected chi connectivity index (χ1v) is 12.3. The standard InChI is InChI=1S/C18H22N2O4.C10H10FN3O/c1-19-14-12-24-16-4-3-13(11-15(16)20(2)17(14)21)5-6-18(22)7-9-23-10-8-18;11-10-3-1-2-9(14-10)4-8(5-12)6-13-7-15/h3-4,11,14,19,22H,7-10,12H2,1-2H3;1-3,5-7H,4,12H2/b;8-5-,13-6?. The lowest BCUT2D eigenvalue weighted by Gasteiger charge is -2.26. The lowest BCUT2D eigenvalue weighted by Crippen LogP contribution is -2.45. The van der Waals surface area contributed by atoms with E-state index in [2.05, 4.69) is 27.1 Å². The SMILES string of the molecule is CNC1COc2ccc(C#CC3(O)CCOCC3)cc2N(C)C1=O.N/C=C(\C=NC=O)Cc1cccc(F)n1. The predicted octanol–water partition coefficient (Wildman–Crippen LogP) is 1.36. The molecule has 1 aromatic heterocycles. The lowest BCUT2D eigenvalue weighted by atomic mass is 9.95. The van der Waals surface area contributed by atoms with Gasteiger partial charge in [0.25, 0.3) is 0 Å². The zero-order chi connectivity index (χ0) is 28.3. The van der Waals surface area contributed by atoms with E-state index < -0.39 is 11.5 Å². The summed E-state index contributed by atoms with van der Waals surface area (Å²) in [7, 11) is 3.46. The number of hydrogen-bond donors (Lipinski definition) is 3. The fourth-order valence-corrected chi connectivity index (χ4v) is 3.84. The molecule has 206 valence electrons. The first-order valence-electron chi connectivity index (χ1n) is 12.3. The first-order chi connectivity index (χ1) is 18.8. The molecule has 1 saturated heterocycles. The van der Waals surface area contributed by atoms with Crippen LogP contribution in [0.5, 0.6) is 5.75 Å². The molecular formula is C28H32FN5O5. The minimum atomic E-state index is -1.000. The highest BCUT2D eigenvalue weighted by Crippen LogP contribution is 2.31. The molecule has 11 heteroatoms. The highest BCUT2D eigenvalue weighted by Gasteiger charge is 2.29. The second-order valence-electron chi connectivity index (χ2n) is 8.88. The van der Waals surface area contributed by atoms with Crippen LogP contribution in [0.15, 0.2) is 53.2 Å². The number of aromatic nitrogens is 1. The Balaban J connectivity index is 0.000000242. The number of carbonyl (C=O) groups excluding carboxylic acids is 2. The number of hydrogen-bond acceptors (Lipinski definition) is 8. The zero-order valence-corrected chi connectivity index (χ0v) is 21.9. The maximum Gasteiger partial charge on any atom is 0.247 e. The van der Waals surface area contributed by atoms with Gasteiger partial charge in [-0.3, -0.25) is 9.59 Å². The third kappa shape index (κ3) is 8.44. The van der Waals surface area contributed by atoms with Crippen LogP contribution >= 0.6 is 0 Å². The maximum absolute atomic E-state index is 12.7. The summed E-state index contributed by atoms with van der Waals surface area (Å²) in [5.74, 6) is 6.03. The van der Waals surface area contributed by atoms with Crippen LogP contribution in [0.3, 0.4) is 0 Å². The fraction of sp³-hybridized carbons (Fsp3) is 0.357. The van der Waals surface area contributed by atoms with Crippen molar-refractivity contribution in [3.05, 3.63) is 65.4 Å². The van der Waals surface area contributed by atoms with E-state index in [4.69, 9.17) is 15.2 Å². The summed E-state index contributed by atoms with van der Waals surface area (Å²) in [6.45, 7) is 1.33. The Bertz CT molecular complexity index is 1280. The van der Waals surface area contributed by atoms with Gasteiger partial charge in [-0.2, -0.15) is 4.39 Å². The van der Waals surface area contributed by atoms with E-state index in [1.807, 2.05) is 18.2 Å². The molecule has 0 aliphatic carbocycles. The van der Waals surface area contributed by atoms with Crippen LogP contribution in [-0.2, 0) is 20.7 Å². The summed E-state index contributed by atoms with van der Waals surface area (Å²) < 4.78 is 23.7. The number of nitrogens with two attached hydrogens (primary N) is 1. The fourth-order valence-electron chi connectivity index (χ4n) is 3.84. The van der Waals surface area contributed by atoms with Crippen LogP contribution in [0.2, 0.25) is 0 Å². The normalized spacial score (nSPS) is 18.6. The molecule has 1 aromatic carbocycles. The number of aliphatic imine (C=N–C) groups is 1. The molecule has 2 aliphatic heterocycles. The third-order valence-corrected chi connectivity index (χ3v) is 6.14. The van der Waals surface area contributed by atoms with Crippen molar-refractivity contribution in [2.75, 3.05) is 38.8 Å². The van der Waals surface area contributed by atoms with E-state index in [0.29, 0.717) is 61.6 Å². The predicted molar refractivity (Wildman–Crippen MR) is 145 cm³/mol. The molecular weight excluding hydrogens is 505 g/mol. The number of aliphatic hydroxyl groups is 1. The number of carbonyl (C=O) groups is 2. The summed E-state index contributed by atoms with van der Waals surface area (Å²) in [4.78, 5) is 31.0. The van der Waals surface area contributed by atoms with Gasteiger partial charge >= 0.3 is 0 Å². The summed E-state index contributed by atoms with van der Waals surface area (Å²) in [5.41, 5.74) is 6.86. The molecule has 39 heavy (non-hydrogen) atoms. The number of pyridine rings is 1. The van der Waals surface area contributed by atoms with Gasteiger partial charge in [0.2, 0.25) is 18.3 Å². The molecule has 2 aromatic rings. The molecule has 4 N–H and O–H groups in total. The average molecular weight is 538 g/mol.